The van der Waals surface area contributed by atoms with Crippen molar-refractivity contribution >= 4 is 0 Å². The van der Waals surface area contributed by atoms with Gasteiger partial charge in [-0.25, -0.2) is 0 Å². The van der Waals surface area contributed by atoms with E-state index in [1.807, 2.05) is 7.05 Å². The van der Waals surface area contributed by atoms with Crippen molar-refractivity contribution in [2.24, 2.45) is 0 Å². The van der Waals surface area contributed by atoms with Gasteiger partial charge in [-0.2, -0.15) is 0 Å². The number of piperidine rings is 1. The van der Waals surface area contributed by atoms with Crippen LogP contribution < -0.4 is 5.32 Å². The van der Waals surface area contributed by atoms with Crippen LogP contribution in [0.5, 0.6) is 0 Å². The lowest BCUT2D eigenvalue weighted by atomic mass is 10.0. The van der Waals surface area contributed by atoms with Crippen LogP contribution in [-0.2, 0) is 0 Å². The third-order valence-corrected chi connectivity index (χ3v) is 2.24. The number of nitrogens with zero attached hydrogens (tertiary/aromatic N) is 1. The normalized spacial score (nSPS) is 27.2. The van der Waals surface area contributed by atoms with E-state index in [1.165, 1.54) is 12.1 Å². The van der Waals surface area contributed by atoms with Crippen LogP contribution in [0.15, 0.2) is 12.3 Å². The molecule has 0 aliphatic carbocycles. The maximum Gasteiger partial charge on any atom is 0.0186 e. The number of hydrogen-bond donors (Lipinski definition) is 1. The Bertz CT molecular complexity index is 131. The molecule has 1 N–H and O–H groups in total. The van der Waals surface area contributed by atoms with Crippen LogP contribution >= 0.6 is 0 Å². The van der Waals surface area contributed by atoms with Crippen LogP contribution in [0.2, 0.25) is 0 Å². The third-order valence-electron chi connectivity index (χ3n) is 2.24. The van der Waals surface area contributed by atoms with Gasteiger partial charge in [0.25, 0.3) is 0 Å². The molecule has 0 amide bonds. The quantitative estimate of drug-likeness (QED) is 0.580. The average molecular weight is 140 g/mol. The summed E-state index contributed by atoms with van der Waals surface area (Å²) in [7, 11) is 4.12. The molecule has 2 nitrogen and oxygen atoms in total. The van der Waals surface area contributed by atoms with Gasteiger partial charge in [0.05, 0.1) is 0 Å². The van der Waals surface area contributed by atoms with E-state index in [9.17, 15) is 0 Å². The zero-order valence-corrected chi connectivity index (χ0v) is 6.85. The first-order valence-corrected chi connectivity index (χ1v) is 3.80. The Hall–Kier alpha value is -0.500. The molecule has 1 heterocycles. The Labute approximate surface area is 62.9 Å². The fourth-order valence-electron chi connectivity index (χ4n) is 1.30. The standard InChI is InChI=1S/C8H16N2/c1-7-6-8(9-2)4-5-10(7)3/h8-9H,1,4-6H2,2-3H3. The summed E-state index contributed by atoms with van der Waals surface area (Å²) in [4.78, 5) is 2.23. The van der Waals surface area contributed by atoms with Crippen molar-refractivity contribution in [2.45, 2.75) is 18.9 Å². The van der Waals surface area contributed by atoms with Crippen molar-refractivity contribution in [1.29, 1.82) is 0 Å². The van der Waals surface area contributed by atoms with E-state index in [4.69, 9.17) is 0 Å². The predicted molar refractivity (Wildman–Crippen MR) is 43.9 cm³/mol. The minimum Gasteiger partial charge on any atom is -0.378 e. The largest absolute Gasteiger partial charge is 0.378 e. The van der Waals surface area contributed by atoms with Crippen molar-refractivity contribution in [3.8, 4) is 0 Å². The number of nitrogens with one attached hydrogen (secondary N) is 1. The Morgan fingerprint density at radius 2 is 2.40 bits per heavy atom. The summed E-state index contributed by atoms with van der Waals surface area (Å²) in [5, 5.41) is 3.27. The molecule has 1 saturated heterocycles. The zero-order chi connectivity index (χ0) is 7.56. The first kappa shape index (κ1) is 7.61. The Kier molecular flexibility index (Phi) is 2.33. The fraction of sp³-hybridized carbons (Fsp3) is 0.750. The molecule has 0 bridgehead atoms. The first-order valence-electron chi connectivity index (χ1n) is 3.80. The Balaban J connectivity index is 2.41. The highest BCUT2D eigenvalue weighted by Crippen LogP contribution is 2.16. The molecular weight excluding hydrogens is 124 g/mol. The first-order chi connectivity index (χ1) is 4.74. The van der Waals surface area contributed by atoms with Crippen LogP contribution in [0.4, 0.5) is 0 Å². The molecule has 0 aromatic carbocycles. The van der Waals surface area contributed by atoms with Crippen molar-refractivity contribution in [2.75, 3.05) is 20.6 Å². The number of likely N-dealkylation sites (tertiary alicyclic amines) is 1. The maximum absolute atomic E-state index is 3.98. The van der Waals surface area contributed by atoms with Crippen molar-refractivity contribution in [3.05, 3.63) is 12.3 Å². The SMILES string of the molecule is C=C1CC(NC)CCN1C. The Morgan fingerprint density at radius 1 is 1.70 bits per heavy atom. The summed E-state index contributed by atoms with van der Waals surface area (Å²) in [6.45, 7) is 5.12. The second-order valence-corrected chi connectivity index (χ2v) is 2.97. The Morgan fingerprint density at radius 3 is 2.90 bits per heavy atom. The van der Waals surface area contributed by atoms with E-state index in [0.29, 0.717) is 6.04 Å². The lowest BCUT2D eigenvalue weighted by Gasteiger charge is -2.32. The van der Waals surface area contributed by atoms with Gasteiger partial charge in [0.15, 0.2) is 0 Å². The lowest BCUT2D eigenvalue weighted by molar-refractivity contribution is 0.302. The molecule has 1 rings (SSSR count). The summed E-state index contributed by atoms with van der Waals surface area (Å²) in [6.07, 6.45) is 2.35. The van der Waals surface area contributed by atoms with Gasteiger partial charge in [-0.1, -0.05) is 6.58 Å². The second kappa shape index (κ2) is 3.06. The molecule has 2 heteroatoms. The lowest BCUT2D eigenvalue weighted by Crippen LogP contribution is -2.37. The van der Waals surface area contributed by atoms with Gasteiger partial charge in [-0.15, -0.1) is 0 Å². The van der Waals surface area contributed by atoms with Gasteiger partial charge >= 0.3 is 0 Å². The monoisotopic (exact) mass is 140 g/mol. The molecule has 0 aromatic rings. The minimum absolute atomic E-state index is 0.656. The number of hydrogen-bond acceptors (Lipinski definition) is 2. The van der Waals surface area contributed by atoms with E-state index in [0.717, 1.165) is 13.0 Å². The van der Waals surface area contributed by atoms with Crippen molar-refractivity contribution in [1.82, 2.24) is 10.2 Å². The molecule has 1 unspecified atom stereocenters. The average Bonchev–Trinajstić information content (AvgIpc) is 1.95. The van der Waals surface area contributed by atoms with E-state index in [-0.39, 0.29) is 0 Å². The van der Waals surface area contributed by atoms with Gasteiger partial charge < -0.3 is 10.2 Å². The molecule has 1 aliphatic rings. The van der Waals surface area contributed by atoms with Gasteiger partial charge in [-0.3, -0.25) is 0 Å². The maximum atomic E-state index is 3.98. The predicted octanol–water partition coefficient (Wildman–Crippen LogP) is 0.814. The van der Waals surface area contributed by atoms with Crippen molar-refractivity contribution in [3.63, 3.8) is 0 Å². The van der Waals surface area contributed by atoms with Gasteiger partial charge in [0.2, 0.25) is 0 Å². The van der Waals surface area contributed by atoms with Crippen LogP contribution in [0.25, 0.3) is 0 Å². The molecule has 10 heavy (non-hydrogen) atoms. The zero-order valence-electron chi connectivity index (χ0n) is 6.85. The van der Waals surface area contributed by atoms with E-state index in [1.54, 1.807) is 0 Å². The summed E-state index contributed by atoms with van der Waals surface area (Å²) >= 11 is 0. The van der Waals surface area contributed by atoms with E-state index in [2.05, 4.69) is 23.8 Å². The van der Waals surface area contributed by atoms with Gasteiger partial charge in [0, 0.05) is 31.8 Å². The van der Waals surface area contributed by atoms with Crippen molar-refractivity contribution < 1.29 is 0 Å². The molecule has 1 fully saturated rings. The summed E-state index contributed by atoms with van der Waals surface area (Å²) in [6, 6.07) is 0.656. The minimum atomic E-state index is 0.656. The molecule has 0 radical (unpaired) electrons. The highest BCUT2D eigenvalue weighted by atomic mass is 15.1. The van der Waals surface area contributed by atoms with Crippen LogP contribution in [-0.4, -0.2) is 31.6 Å². The topological polar surface area (TPSA) is 15.3 Å². The molecule has 0 spiro atoms. The van der Waals surface area contributed by atoms with E-state index < -0.39 is 0 Å². The fourth-order valence-corrected chi connectivity index (χ4v) is 1.30. The highest BCUT2D eigenvalue weighted by Gasteiger charge is 2.16. The van der Waals surface area contributed by atoms with Crippen LogP contribution in [0.3, 0.4) is 0 Å². The summed E-state index contributed by atoms with van der Waals surface area (Å²) in [5.74, 6) is 0. The van der Waals surface area contributed by atoms with Gasteiger partial charge in [-0.05, 0) is 13.5 Å². The molecule has 0 saturated carbocycles. The van der Waals surface area contributed by atoms with Crippen LogP contribution in [0.1, 0.15) is 12.8 Å². The number of rotatable bonds is 1. The van der Waals surface area contributed by atoms with E-state index >= 15 is 0 Å². The van der Waals surface area contributed by atoms with Crippen LogP contribution in [0, 0.1) is 0 Å². The van der Waals surface area contributed by atoms with Gasteiger partial charge in [0.1, 0.15) is 0 Å². The summed E-state index contributed by atoms with van der Waals surface area (Å²) in [5.41, 5.74) is 1.26. The second-order valence-electron chi connectivity index (χ2n) is 2.97. The summed E-state index contributed by atoms with van der Waals surface area (Å²) < 4.78 is 0. The highest BCUT2D eigenvalue weighted by molar-refractivity contribution is 5.00. The molecule has 1 aliphatic heterocycles. The molecule has 58 valence electrons. The third kappa shape index (κ3) is 1.51. The smallest absolute Gasteiger partial charge is 0.0186 e. The molecule has 0 aromatic heterocycles. The molecular formula is C8H16N2. The molecule has 1 atom stereocenters.